The molecule has 1 amide bonds. The van der Waals surface area contributed by atoms with Crippen molar-refractivity contribution < 1.29 is 14.7 Å². The number of carboxylic acid groups (broad SMARTS) is 1. The summed E-state index contributed by atoms with van der Waals surface area (Å²) in [5.74, 6) is -1.30. The summed E-state index contributed by atoms with van der Waals surface area (Å²) in [6.07, 6.45) is 1.42. The first-order valence-corrected chi connectivity index (χ1v) is 6.16. The first-order chi connectivity index (χ1) is 8.58. The van der Waals surface area contributed by atoms with E-state index in [1.807, 2.05) is 25.1 Å². The van der Waals surface area contributed by atoms with Crippen molar-refractivity contribution >= 4 is 11.9 Å². The predicted octanol–water partition coefficient (Wildman–Crippen LogP) is 1.93. The summed E-state index contributed by atoms with van der Waals surface area (Å²) in [7, 11) is 0. The Morgan fingerprint density at radius 3 is 2.83 bits per heavy atom. The van der Waals surface area contributed by atoms with Crippen molar-refractivity contribution in [2.24, 2.45) is 5.92 Å². The van der Waals surface area contributed by atoms with Crippen molar-refractivity contribution in [3.05, 3.63) is 35.4 Å². The molecule has 1 aromatic carbocycles. The second-order valence-corrected chi connectivity index (χ2v) is 4.80. The van der Waals surface area contributed by atoms with E-state index in [1.54, 1.807) is 11.0 Å². The van der Waals surface area contributed by atoms with Gasteiger partial charge in [0.2, 0.25) is 0 Å². The van der Waals surface area contributed by atoms with Crippen LogP contribution in [0.3, 0.4) is 0 Å². The second-order valence-electron chi connectivity index (χ2n) is 4.80. The number of carboxylic acids is 1. The number of likely N-dealkylation sites (tertiary alicyclic amines) is 1. The molecule has 1 atom stereocenters. The molecule has 0 aromatic heterocycles. The molecular weight excluding hydrogens is 230 g/mol. The average molecular weight is 247 g/mol. The van der Waals surface area contributed by atoms with E-state index in [1.165, 1.54) is 0 Å². The van der Waals surface area contributed by atoms with E-state index in [4.69, 9.17) is 5.11 Å². The number of carbonyl (C=O) groups is 2. The van der Waals surface area contributed by atoms with Crippen molar-refractivity contribution in [1.82, 2.24) is 4.90 Å². The first kappa shape index (κ1) is 12.6. The number of hydrogen-bond donors (Lipinski definition) is 1. The lowest BCUT2D eigenvalue weighted by Crippen LogP contribution is -2.42. The van der Waals surface area contributed by atoms with E-state index in [0.29, 0.717) is 25.1 Å². The van der Waals surface area contributed by atoms with Crippen LogP contribution in [0.15, 0.2) is 24.3 Å². The number of benzene rings is 1. The van der Waals surface area contributed by atoms with E-state index in [2.05, 4.69) is 0 Å². The molecule has 1 aliphatic rings. The lowest BCUT2D eigenvalue weighted by Gasteiger charge is -2.30. The number of nitrogens with zero attached hydrogens (tertiary/aromatic N) is 1. The minimum atomic E-state index is -0.809. The van der Waals surface area contributed by atoms with Gasteiger partial charge in [0.1, 0.15) is 0 Å². The highest BCUT2D eigenvalue weighted by Crippen LogP contribution is 2.19. The van der Waals surface area contributed by atoms with Crippen LogP contribution in [-0.2, 0) is 4.79 Å². The smallest absolute Gasteiger partial charge is 0.308 e. The average Bonchev–Trinajstić information content (AvgIpc) is 2.38. The third-order valence-corrected chi connectivity index (χ3v) is 3.32. The van der Waals surface area contributed by atoms with E-state index in [9.17, 15) is 9.59 Å². The zero-order chi connectivity index (χ0) is 13.1. The number of carbonyl (C=O) groups excluding carboxylic acids is 1. The lowest BCUT2D eigenvalue weighted by molar-refractivity contribution is -0.143. The molecule has 0 bridgehead atoms. The maximum absolute atomic E-state index is 12.3. The van der Waals surface area contributed by atoms with Crippen molar-refractivity contribution in [1.29, 1.82) is 0 Å². The molecule has 1 unspecified atom stereocenters. The first-order valence-electron chi connectivity index (χ1n) is 6.16. The maximum atomic E-state index is 12.3. The lowest BCUT2D eigenvalue weighted by atomic mass is 9.97. The standard InChI is InChI=1S/C14H17NO3/c1-10-4-2-5-11(8-10)13(16)15-7-3-6-12(9-15)14(17)18/h2,4-5,8,12H,3,6-7,9H2,1H3,(H,17,18). The van der Waals surface area contributed by atoms with Crippen LogP contribution in [0, 0.1) is 12.8 Å². The highest BCUT2D eigenvalue weighted by Gasteiger charge is 2.28. The van der Waals surface area contributed by atoms with Gasteiger partial charge in [-0.15, -0.1) is 0 Å². The summed E-state index contributed by atoms with van der Waals surface area (Å²) >= 11 is 0. The van der Waals surface area contributed by atoms with Gasteiger partial charge in [-0.3, -0.25) is 9.59 Å². The van der Waals surface area contributed by atoms with Gasteiger partial charge in [-0.25, -0.2) is 0 Å². The van der Waals surface area contributed by atoms with E-state index in [0.717, 1.165) is 12.0 Å². The highest BCUT2D eigenvalue weighted by atomic mass is 16.4. The molecule has 96 valence electrons. The Kier molecular flexibility index (Phi) is 3.65. The third kappa shape index (κ3) is 2.70. The third-order valence-electron chi connectivity index (χ3n) is 3.32. The second kappa shape index (κ2) is 5.21. The molecule has 1 heterocycles. The quantitative estimate of drug-likeness (QED) is 0.868. The van der Waals surface area contributed by atoms with Gasteiger partial charge in [0, 0.05) is 18.7 Å². The summed E-state index contributed by atoms with van der Waals surface area (Å²) in [5, 5.41) is 9.01. The van der Waals surface area contributed by atoms with Gasteiger partial charge >= 0.3 is 5.97 Å². The Bertz CT molecular complexity index is 470. The van der Waals surface area contributed by atoms with E-state index in [-0.39, 0.29) is 5.91 Å². The molecule has 1 fully saturated rings. The topological polar surface area (TPSA) is 57.6 Å². The van der Waals surface area contributed by atoms with Crippen molar-refractivity contribution in [3.8, 4) is 0 Å². The molecule has 0 saturated carbocycles. The number of amides is 1. The Morgan fingerprint density at radius 1 is 1.39 bits per heavy atom. The fourth-order valence-electron chi connectivity index (χ4n) is 2.32. The van der Waals surface area contributed by atoms with Crippen molar-refractivity contribution in [2.45, 2.75) is 19.8 Å². The van der Waals surface area contributed by atoms with Crippen LogP contribution >= 0.6 is 0 Å². The molecule has 0 aliphatic carbocycles. The monoisotopic (exact) mass is 247 g/mol. The Morgan fingerprint density at radius 2 is 2.17 bits per heavy atom. The van der Waals surface area contributed by atoms with Crippen LogP contribution in [0.5, 0.6) is 0 Å². The molecule has 1 saturated heterocycles. The minimum Gasteiger partial charge on any atom is -0.481 e. The Balaban J connectivity index is 2.11. The molecule has 1 aliphatic heterocycles. The summed E-state index contributed by atoms with van der Waals surface area (Å²) < 4.78 is 0. The normalized spacial score (nSPS) is 19.6. The fourth-order valence-corrected chi connectivity index (χ4v) is 2.32. The molecule has 4 nitrogen and oxygen atoms in total. The zero-order valence-electron chi connectivity index (χ0n) is 10.4. The summed E-state index contributed by atoms with van der Waals surface area (Å²) in [5.41, 5.74) is 1.67. The molecule has 1 aromatic rings. The van der Waals surface area contributed by atoms with E-state index >= 15 is 0 Å². The summed E-state index contributed by atoms with van der Waals surface area (Å²) in [6, 6.07) is 7.40. The number of piperidine rings is 1. The van der Waals surface area contributed by atoms with Gasteiger partial charge < -0.3 is 10.0 Å². The van der Waals surface area contributed by atoms with Crippen LogP contribution < -0.4 is 0 Å². The van der Waals surface area contributed by atoms with Crippen LogP contribution in [0.1, 0.15) is 28.8 Å². The molecule has 2 rings (SSSR count). The molecular formula is C14H17NO3. The number of aryl methyl sites for hydroxylation is 1. The molecule has 18 heavy (non-hydrogen) atoms. The maximum Gasteiger partial charge on any atom is 0.308 e. The van der Waals surface area contributed by atoms with Gasteiger partial charge in [0.15, 0.2) is 0 Å². The molecule has 0 radical (unpaired) electrons. The molecule has 0 spiro atoms. The number of rotatable bonds is 2. The van der Waals surface area contributed by atoms with Gasteiger partial charge in [0.05, 0.1) is 5.92 Å². The molecule has 1 N–H and O–H groups in total. The zero-order valence-corrected chi connectivity index (χ0v) is 10.4. The van der Waals surface area contributed by atoms with Crippen LogP contribution in [0.4, 0.5) is 0 Å². The van der Waals surface area contributed by atoms with Gasteiger partial charge in [0.25, 0.3) is 5.91 Å². The SMILES string of the molecule is Cc1cccc(C(=O)N2CCCC(C(=O)O)C2)c1. The minimum absolute atomic E-state index is 0.0651. The van der Waals surface area contributed by atoms with Gasteiger partial charge in [-0.05, 0) is 31.9 Å². The van der Waals surface area contributed by atoms with Crippen LogP contribution in [-0.4, -0.2) is 35.0 Å². The van der Waals surface area contributed by atoms with Crippen molar-refractivity contribution in [2.75, 3.05) is 13.1 Å². The summed E-state index contributed by atoms with van der Waals surface area (Å²) in [4.78, 5) is 24.9. The molecule has 4 heteroatoms. The van der Waals surface area contributed by atoms with Gasteiger partial charge in [-0.2, -0.15) is 0 Å². The Labute approximate surface area is 106 Å². The number of hydrogen-bond acceptors (Lipinski definition) is 2. The predicted molar refractivity (Wildman–Crippen MR) is 67.4 cm³/mol. The van der Waals surface area contributed by atoms with Crippen molar-refractivity contribution in [3.63, 3.8) is 0 Å². The number of aliphatic carboxylic acids is 1. The van der Waals surface area contributed by atoms with Crippen LogP contribution in [0.2, 0.25) is 0 Å². The van der Waals surface area contributed by atoms with Gasteiger partial charge in [-0.1, -0.05) is 17.7 Å². The van der Waals surface area contributed by atoms with E-state index < -0.39 is 11.9 Å². The highest BCUT2D eigenvalue weighted by molar-refractivity contribution is 5.94. The fraction of sp³-hybridized carbons (Fsp3) is 0.429. The van der Waals surface area contributed by atoms with Crippen LogP contribution in [0.25, 0.3) is 0 Å². The largest absolute Gasteiger partial charge is 0.481 e. The summed E-state index contributed by atoms with van der Waals surface area (Å²) in [6.45, 7) is 2.91. The Hall–Kier alpha value is -1.84.